The predicted octanol–water partition coefficient (Wildman–Crippen LogP) is 2.37. The van der Waals surface area contributed by atoms with Gasteiger partial charge in [0.25, 0.3) is 0 Å². The molecule has 2 heterocycles. The second kappa shape index (κ2) is 7.60. The van der Waals surface area contributed by atoms with E-state index in [-0.39, 0.29) is 24.6 Å². The first-order valence-electron chi connectivity index (χ1n) is 8.06. The monoisotopic (exact) mass is 354 g/mol. The van der Waals surface area contributed by atoms with Crippen LogP contribution in [0.25, 0.3) is 0 Å². The fourth-order valence-electron chi connectivity index (χ4n) is 2.47. The summed E-state index contributed by atoms with van der Waals surface area (Å²) >= 11 is 0. The number of anilines is 1. The first-order valence-corrected chi connectivity index (χ1v) is 8.06. The van der Waals surface area contributed by atoms with Crippen LogP contribution in [0.15, 0.2) is 48.9 Å². The number of aromatic nitrogens is 4. The van der Waals surface area contributed by atoms with Gasteiger partial charge in [0.1, 0.15) is 12.4 Å². The number of nitrogens with one attached hydrogen (secondary N) is 1. The highest BCUT2D eigenvalue weighted by Crippen LogP contribution is 2.11. The maximum Gasteiger partial charge on any atom is 0.306 e. The van der Waals surface area contributed by atoms with Crippen LogP contribution < -0.4 is 5.32 Å². The summed E-state index contributed by atoms with van der Waals surface area (Å²) in [6.07, 6.45) is 4.40. The largest absolute Gasteiger partial charge is 0.309 e. The van der Waals surface area contributed by atoms with Crippen molar-refractivity contribution in [1.29, 1.82) is 0 Å². The number of carbonyl (C=O) groups excluding carboxylic acids is 1. The number of benzene rings is 1. The molecular weight excluding hydrogens is 336 g/mol. The molecule has 9 nitrogen and oxygen atoms in total. The summed E-state index contributed by atoms with van der Waals surface area (Å²) in [4.78, 5) is 22.1. The standard InChI is InChI=1S/C17H18N6O3/c1-13-4-2-3-5-14(13)11-22-8-6-16(20-22)19-17(24)7-9-21-12-15(10-18-21)23(25)26/h2-6,8,10,12H,7,9,11H2,1H3,(H,19,20,24). The van der Waals surface area contributed by atoms with Crippen molar-refractivity contribution in [2.75, 3.05) is 5.32 Å². The molecule has 2 aromatic heterocycles. The highest BCUT2D eigenvalue weighted by Gasteiger charge is 2.11. The smallest absolute Gasteiger partial charge is 0.306 e. The quantitative estimate of drug-likeness (QED) is 0.518. The number of hydrogen-bond acceptors (Lipinski definition) is 5. The van der Waals surface area contributed by atoms with Crippen LogP contribution in [0, 0.1) is 17.0 Å². The van der Waals surface area contributed by atoms with Crippen molar-refractivity contribution in [3.8, 4) is 0 Å². The zero-order valence-electron chi connectivity index (χ0n) is 14.2. The molecule has 0 fully saturated rings. The Morgan fingerprint density at radius 3 is 2.81 bits per heavy atom. The molecule has 0 atom stereocenters. The molecule has 0 bridgehead atoms. The van der Waals surface area contributed by atoms with Crippen LogP contribution in [-0.2, 0) is 17.9 Å². The van der Waals surface area contributed by atoms with Gasteiger partial charge in [0.15, 0.2) is 5.82 Å². The lowest BCUT2D eigenvalue weighted by atomic mass is 10.1. The maximum atomic E-state index is 12.0. The van der Waals surface area contributed by atoms with Crippen LogP contribution in [0.4, 0.5) is 11.5 Å². The van der Waals surface area contributed by atoms with Crippen molar-refractivity contribution >= 4 is 17.4 Å². The molecule has 0 saturated heterocycles. The maximum absolute atomic E-state index is 12.0. The van der Waals surface area contributed by atoms with E-state index in [0.717, 1.165) is 11.8 Å². The van der Waals surface area contributed by atoms with Gasteiger partial charge in [-0.1, -0.05) is 24.3 Å². The topological polar surface area (TPSA) is 108 Å². The third-order valence-corrected chi connectivity index (χ3v) is 3.90. The number of aryl methyl sites for hydroxylation is 2. The molecule has 1 amide bonds. The van der Waals surface area contributed by atoms with Crippen LogP contribution >= 0.6 is 0 Å². The average Bonchev–Trinajstić information content (AvgIpc) is 3.25. The van der Waals surface area contributed by atoms with Crippen molar-refractivity contribution in [2.24, 2.45) is 0 Å². The SMILES string of the molecule is Cc1ccccc1Cn1ccc(NC(=O)CCn2cc([N+](=O)[O-])cn2)n1. The molecule has 9 heteroatoms. The van der Waals surface area contributed by atoms with Crippen LogP contribution in [0.3, 0.4) is 0 Å². The van der Waals surface area contributed by atoms with E-state index in [1.54, 1.807) is 16.9 Å². The molecule has 0 aliphatic carbocycles. The van der Waals surface area contributed by atoms with Gasteiger partial charge >= 0.3 is 5.69 Å². The van der Waals surface area contributed by atoms with Crippen molar-refractivity contribution in [3.05, 3.63) is 70.2 Å². The molecule has 134 valence electrons. The molecule has 1 N–H and O–H groups in total. The summed E-state index contributed by atoms with van der Waals surface area (Å²) < 4.78 is 3.13. The molecule has 0 radical (unpaired) electrons. The van der Waals surface area contributed by atoms with E-state index in [4.69, 9.17) is 0 Å². The average molecular weight is 354 g/mol. The Kier molecular flexibility index (Phi) is 5.07. The molecule has 1 aromatic carbocycles. The summed E-state index contributed by atoms with van der Waals surface area (Å²) in [6.45, 7) is 2.92. The summed E-state index contributed by atoms with van der Waals surface area (Å²) in [5.74, 6) is 0.235. The Labute approximate surface area is 149 Å². The normalized spacial score (nSPS) is 10.7. The van der Waals surface area contributed by atoms with Gasteiger partial charge in [0.05, 0.1) is 11.5 Å². The van der Waals surface area contributed by atoms with Gasteiger partial charge in [-0.2, -0.15) is 10.2 Å². The molecule has 3 aromatic rings. The highest BCUT2D eigenvalue weighted by atomic mass is 16.6. The minimum Gasteiger partial charge on any atom is -0.309 e. The van der Waals surface area contributed by atoms with Gasteiger partial charge in [-0.25, -0.2) is 0 Å². The molecule has 3 rings (SSSR count). The van der Waals surface area contributed by atoms with Crippen LogP contribution in [0.2, 0.25) is 0 Å². The zero-order valence-corrected chi connectivity index (χ0v) is 14.2. The van der Waals surface area contributed by atoms with E-state index in [9.17, 15) is 14.9 Å². The summed E-state index contributed by atoms with van der Waals surface area (Å²) in [5.41, 5.74) is 2.25. The van der Waals surface area contributed by atoms with E-state index in [2.05, 4.69) is 15.5 Å². The minimum atomic E-state index is -0.523. The number of rotatable bonds is 7. The first kappa shape index (κ1) is 17.3. The zero-order chi connectivity index (χ0) is 18.5. The molecule has 0 unspecified atom stereocenters. The van der Waals surface area contributed by atoms with Crippen molar-refractivity contribution < 1.29 is 9.72 Å². The van der Waals surface area contributed by atoms with E-state index in [1.807, 2.05) is 31.2 Å². The Morgan fingerprint density at radius 2 is 2.08 bits per heavy atom. The van der Waals surface area contributed by atoms with Gasteiger partial charge in [0, 0.05) is 25.2 Å². The molecule has 0 spiro atoms. The van der Waals surface area contributed by atoms with E-state index >= 15 is 0 Å². The fraction of sp³-hybridized carbons (Fsp3) is 0.235. The van der Waals surface area contributed by atoms with E-state index in [0.29, 0.717) is 12.4 Å². The summed E-state index contributed by atoms with van der Waals surface area (Å²) in [7, 11) is 0. The Morgan fingerprint density at radius 1 is 1.27 bits per heavy atom. The summed E-state index contributed by atoms with van der Waals surface area (Å²) in [6, 6.07) is 9.78. The van der Waals surface area contributed by atoms with E-state index in [1.165, 1.54) is 16.4 Å². The lowest BCUT2D eigenvalue weighted by Gasteiger charge is -2.05. The Hall–Kier alpha value is -3.49. The molecular formula is C17H18N6O3. The van der Waals surface area contributed by atoms with Crippen molar-refractivity contribution in [2.45, 2.75) is 26.4 Å². The van der Waals surface area contributed by atoms with Gasteiger partial charge in [-0.3, -0.25) is 24.3 Å². The number of hydrogen-bond donors (Lipinski definition) is 1. The van der Waals surface area contributed by atoms with Gasteiger partial charge < -0.3 is 5.32 Å². The first-order chi connectivity index (χ1) is 12.5. The third-order valence-electron chi connectivity index (χ3n) is 3.90. The summed E-state index contributed by atoms with van der Waals surface area (Å²) in [5, 5.41) is 21.5. The van der Waals surface area contributed by atoms with Crippen molar-refractivity contribution in [1.82, 2.24) is 19.6 Å². The molecule has 0 aliphatic rings. The van der Waals surface area contributed by atoms with Gasteiger partial charge in [0.2, 0.25) is 5.91 Å². The lowest BCUT2D eigenvalue weighted by Crippen LogP contribution is -2.15. The lowest BCUT2D eigenvalue weighted by molar-refractivity contribution is -0.385. The third kappa shape index (κ3) is 4.32. The Bertz CT molecular complexity index is 930. The Balaban J connectivity index is 1.52. The number of amides is 1. The van der Waals surface area contributed by atoms with Gasteiger partial charge in [-0.15, -0.1) is 0 Å². The predicted molar refractivity (Wildman–Crippen MR) is 94.6 cm³/mol. The highest BCUT2D eigenvalue weighted by molar-refractivity contribution is 5.89. The number of nitro groups is 1. The fourth-order valence-corrected chi connectivity index (χ4v) is 2.47. The number of nitrogens with zero attached hydrogens (tertiary/aromatic N) is 5. The van der Waals surface area contributed by atoms with E-state index < -0.39 is 4.92 Å². The van der Waals surface area contributed by atoms with Crippen LogP contribution in [-0.4, -0.2) is 30.4 Å². The number of carbonyl (C=O) groups is 1. The molecule has 26 heavy (non-hydrogen) atoms. The minimum absolute atomic E-state index is 0.0969. The van der Waals surface area contributed by atoms with Gasteiger partial charge in [-0.05, 0) is 18.1 Å². The van der Waals surface area contributed by atoms with Crippen LogP contribution in [0.1, 0.15) is 17.5 Å². The van der Waals surface area contributed by atoms with Crippen molar-refractivity contribution in [3.63, 3.8) is 0 Å². The second-order valence-electron chi connectivity index (χ2n) is 5.84. The molecule has 0 saturated carbocycles. The molecule has 0 aliphatic heterocycles. The van der Waals surface area contributed by atoms with Crippen LogP contribution in [0.5, 0.6) is 0 Å². The second-order valence-corrected chi connectivity index (χ2v) is 5.84.